The Labute approximate surface area is 134 Å². The number of hydrogen-bond donors (Lipinski definition) is 0. The van der Waals surface area contributed by atoms with Crippen LogP contribution in [-0.4, -0.2) is 8.32 Å². The van der Waals surface area contributed by atoms with Crippen LogP contribution in [-0.2, 0) is 0 Å². The summed E-state index contributed by atoms with van der Waals surface area (Å²) in [4.78, 5) is 0. The molecule has 0 saturated heterocycles. The van der Waals surface area contributed by atoms with Gasteiger partial charge in [-0.05, 0) is 40.2 Å². The quantitative estimate of drug-likeness (QED) is 0.585. The number of fused-ring (bicyclic) bond motifs is 1. The zero-order valence-electron chi connectivity index (χ0n) is 14.4. The van der Waals surface area contributed by atoms with Crippen molar-refractivity contribution in [1.29, 1.82) is 0 Å². The van der Waals surface area contributed by atoms with Gasteiger partial charge in [-0.25, -0.2) is 4.39 Å². The highest BCUT2D eigenvalue weighted by Gasteiger charge is 2.47. The average Bonchev–Trinajstić information content (AvgIpc) is 2.43. The summed E-state index contributed by atoms with van der Waals surface area (Å²) in [7, 11) is -2.01. The van der Waals surface area contributed by atoms with Gasteiger partial charge in [0.25, 0.3) is 8.32 Å². The predicted octanol–water partition coefficient (Wildman–Crippen LogP) is 6.33. The molecule has 2 aromatic carbocycles. The van der Waals surface area contributed by atoms with Crippen LogP contribution in [0.25, 0.3) is 10.8 Å². The number of rotatable bonds is 5. The van der Waals surface area contributed by atoms with Crippen molar-refractivity contribution in [3.8, 4) is 5.75 Å². The molecule has 0 aliphatic heterocycles. The van der Waals surface area contributed by atoms with E-state index in [0.29, 0.717) is 16.6 Å². The SMILES string of the molecule is CC(C)[Si](Oc1cccc2[c]c(F)ccc12)(C(C)C)C(C)C. The van der Waals surface area contributed by atoms with Crippen molar-refractivity contribution < 1.29 is 8.82 Å². The molecule has 0 aromatic heterocycles. The van der Waals surface area contributed by atoms with E-state index in [4.69, 9.17) is 4.43 Å². The zero-order chi connectivity index (χ0) is 16.5. The van der Waals surface area contributed by atoms with Gasteiger partial charge >= 0.3 is 0 Å². The van der Waals surface area contributed by atoms with E-state index in [0.717, 1.165) is 16.5 Å². The first-order valence-corrected chi connectivity index (χ1v) is 10.2. The van der Waals surface area contributed by atoms with Crippen molar-refractivity contribution in [2.45, 2.75) is 58.2 Å². The topological polar surface area (TPSA) is 9.23 Å². The molecule has 3 heteroatoms. The van der Waals surface area contributed by atoms with Crippen molar-refractivity contribution in [2.24, 2.45) is 0 Å². The van der Waals surface area contributed by atoms with E-state index >= 15 is 0 Å². The second kappa shape index (κ2) is 6.41. The molecule has 2 rings (SSSR count). The van der Waals surface area contributed by atoms with Crippen LogP contribution in [0.1, 0.15) is 41.5 Å². The van der Waals surface area contributed by atoms with Gasteiger partial charge in [0.1, 0.15) is 11.6 Å². The van der Waals surface area contributed by atoms with E-state index < -0.39 is 8.32 Å². The standard InChI is InChI=1S/C19H26FOSi/c1-13(2)22(14(3)4,15(5)6)21-19-9-7-8-16-12-17(20)10-11-18(16)19/h7-11,13-15H,1-6H3. The largest absolute Gasteiger partial charge is 0.542 e. The molecule has 0 atom stereocenters. The van der Waals surface area contributed by atoms with Gasteiger partial charge in [0.05, 0.1) is 0 Å². The molecule has 0 heterocycles. The van der Waals surface area contributed by atoms with Crippen LogP contribution in [0.15, 0.2) is 30.3 Å². The van der Waals surface area contributed by atoms with E-state index in [-0.39, 0.29) is 5.82 Å². The van der Waals surface area contributed by atoms with Crippen LogP contribution in [0.3, 0.4) is 0 Å². The third-order valence-electron chi connectivity index (χ3n) is 4.71. The minimum Gasteiger partial charge on any atom is -0.542 e. The van der Waals surface area contributed by atoms with E-state index in [1.807, 2.05) is 18.2 Å². The van der Waals surface area contributed by atoms with Crippen molar-refractivity contribution in [3.63, 3.8) is 0 Å². The van der Waals surface area contributed by atoms with E-state index in [9.17, 15) is 4.39 Å². The Morgan fingerprint density at radius 3 is 2.05 bits per heavy atom. The predicted molar refractivity (Wildman–Crippen MR) is 94.4 cm³/mol. The number of benzene rings is 2. The van der Waals surface area contributed by atoms with Crippen molar-refractivity contribution >= 4 is 19.1 Å². The lowest BCUT2D eigenvalue weighted by molar-refractivity contribution is 0.484. The maximum atomic E-state index is 13.4. The smallest absolute Gasteiger partial charge is 0.258 e. The fourth-order valence-corrected chi connectivity index (χ4v) is 9.05. The molecule has 0 aliphatic rings. The Kier molecular flexibility index (Phi) is 4.96. The molecule has 0 unspecified atom stereocenters. The van der Waals surface area contributed by atoms with Gasteiger partial charge in [-0.3, -0.25) is 0 Å². The molecule has 0 amide bonds. The molecule has 2 aromatic rings. The maximum absolute atomic E-state index is 13.4. The van der Waals surface area contributed by atoms with Gasteiger partial charge in [-0.15, -0.1) is 0 Å². The van der Waals surface area contributed by atoms with E-state index in [1.54, 1.807) is 6.07 Å². The van der Waals surface area contributed by atoms with Gasteiger partial charge in [0, 0.05) is 11.5 Å². The van der Waals surface area contributed by atoms with Gasteiger partial charge in [0.15, 0.2) is 0 Å². The lowest BCUT2D eigenvalue weighted by Crippen LogP contribution is -2.50. The third kappa shape index (κ3) is 2.91. The zero-order valence-corrected chi connectivity index (χ0v) is 15.4. The first-order valence-electron chi connectivity index (χ1n) is 8.08. The van der Waals surface area contributed by atoms with Crippen molar-refractivity contribution in [2.75, 3.05) is 0 Å². The molecule has 0 spiro atoms. The fourth-order valence-electron chi connectivity index (χ4n) is 3.78. The van der Waals surface area contributed by atoms with Gasteiger partial charge in [-0.1, -0.05) is 53.7 Å². The summed E-state index contributed by atoms with van der Waals surface area (Å²) in [6.07, 6.45) is 0. The molecule has 0 bridgehead atoms. The van der Waals surface area contributed by atoms with E-state index in [1.165, 1.54) is 6.07 Å². The Morgan fingerprint density at radius 2 is 1.50 bits per heavy atom. The second-order valence-electron chi connectivity index (χ2n) is 6.94. The minimum absolute atomic E-state index is 0.329. The summed E-state index contributed by atoms with van der Waals surface area (Å²) in [5, 5.41) is 1.72. The average molecular weight is 318 g/mol. The van der Waals surface area contributed by atoms with Crippen LogP contribution in [0.2, 0.25) is 16.6 Å². The molecule has 0 N–H and O–H groups in total. The third-order valence-corrected chi connectivity index (χ3v) is 10.7. The molecule has 119 valence electrons. The highest BCUT2D eigenvalue weighted by atomic mass is 28.4. The number of halogens is 1. The molecule has 1 radical (unpaired) electrons. The monoisotopic (exact) mass is 317 g/mol. The minimum atomic E-state index is -2.01. The van der Waals surface area contributed by atoms with Crippen LogP contribution in [0, 0.1) is 11.9 Å². The summed E-state index contributed by atoms with van der Waals surface area (Å²) in [6.45, 7) is 13.6. The van der Waals surface area contributed by atoms with Gasteiger partial charge in [-0.2, -0.15) is 0 Å². The number of hydrogen-bond acceptors (Lipinski definition) is 1. The highest BCUT2D eigenvalue weighted by Crippen LogP contribution is 2.44. The summed E-state index contributed by atoms with van der Waals surface area (Å²) in [5.41, 5.74) is 1.52. The molecule has 0 fully saturated rings. The fraction of sp³-hybridized carbons (Fsp3) is 0.474. The van der Waals surface area contributed by atoms with Gasteiger partial charge < -0.3 is 4.43 Å². The molecule has 1 nitrogen and oxygen atoms in total. The molecular formula is C19H26FOSi. The molecule has 0 aliphatic carbocycles. The highest BCUT2D eigenvalue weighted by molar-refractivity contribution is 6.78. The van der Waals surface area contributed by atoms with Crippen LogP contribution >= 0.6 is 0 Å². The lowest BCUT2D eigenvalue weighted by Gasteiger charge is -2.42. The Bertz CT molecular complexity index is 627. The van der Waals surface area contributed by atoms with Crippen molar-refractivity contribution in [3.05, 3.63) is 42.2 Å². The lowest BCUT2D eigenvalue weighted by atomic mass is 10.1. The maximum Gasteiger partial charge on any atom is 0.258 e. The second-order valence-corrected chi connectivity index (χ2v) is 12.3. The van der Waals surface area contributed by atoms with E-state index in [2.05, 4.69) is 47.6 Å². The molecule has 22 heavy (non-hydrogen) atoms. The van der Waals surface area contributed by atoms with Crippen LogP contribution in [0.5, 0.6) is 5.75 Å². The normalized spacial score (nSPS) is 12.6. The summed E-state index contributed by atoms with van der Waals surface area (Å²) < 4.78 is 20.1. The first kappa shape index (κ1) is 17.0. The Hall–Kier alpha value is -1.35. The summed E-state index contributed by atoms with van der Waals surface area (Å²) >= 11 is 0. The summed E-state index contributed by atoms with van der Waals surface area (Å²) in [5.74, 6) is 0.543. The first-order chi connectivity index (χ1) is 10.3. The Morgan fingerprint density at radius 1 is 0.909 bits per heavy atom. The summed E-state index contributed by atoms with van der Waals surface area (Å²) in [6, 6.07) is 11.8. The molecular weight excluding hydrogens is 291 g/mol. The Balaban J connectivity index is 2.56. The molecule has 0 saturated carbocycles. The van der Waals surface area contributed by atoms with Gasteiger partial charge in [0.2, 0.25) is 0 Å². The van der Waals surface area contributed by atoms with Crippen molar-refractivity contribution in [1.82, 2.24) is 0 Å². The van der Waals surface area contributed by atoms with Crippen LogP contribution < -0.4 is 4.43 Å². The van der Waals surface area contributed by atoms with Crippen LogP contribution in [0.4, 0.5) is 4.39 Å².